The van der Waals surface area contributed by atoms with Gasteiger partial charge in [0.15, 0.2) is 0 Å². The maximum Gasteiger partial charge on any atom is 0.0410 e. The number of fused-ring (bicyclic) bond motifs is 1. The lowest BCUT2D eigenvalue weighted by Gasteiger charge is -2.20. The number of hydrogen-bond donors (Lipinski definition) is 1. The van der Waals surface area contributed by atoms with E-state index in [0.29, 0.717) is 6.04 Å². The van der Waals surface area contributed by atoms with E-state index in [1.807, 2.05) is 12.4 Å². The van der Waals surface area contributed by atoms with E-state index >= 15 is 0 Å². The number of nitrogens with one attached hydrogen (secondary N) is 1. The molecule has 2 aliphatic carbocycles. The first-order valence-electron chi connectivity index (χ1n) is 7.62. The number of rotatable bonds is 6. The molecular weight excluding hydrogens is 300 g/mol. The third-order valence-electron chi connectivity index (χ3n) is 4.81. The van der Waals surface area contributed by atoms with Gasteiger partial charge in [0.05, 0.1) is 0 Å². The molecule has 19 heavy (non-hydrogen) atoms. The summed E-state index contributed by atoms with van der Waals surface area (Å²) in [6.45, 7) is 3.39. The van der Waals surface area contributed by atoms with Crippen LogP contribution < -0.4 is 5.32 Å². The van der Waals surface area contributed by atoms with Gasteiger partial charge in [0, 0.05) is 22.9 Å². The van der Waals surface area contributed by atoms with E-state index in [9.17, 15) is 0 Å². The topological polar surface area (TPSA) is 24.9 Å². The van der Waals surface area contributed by atoms with Gasteiger partial charge in [0.2, 0.25) is 0 Å². The largest absolute Gasteiger partial charge is 0.313 e. The number of nitrogens with zero attached hydrogens (tertiary/aromatic N) is 1. The first kappa shape index (κ1) is 13.6. The fraction of sp³-hybridized carbons (Fsp3) is 0.688. The molecule has 2 nitrogen and oxygen atoms in total. The van der Waals surface area contributed by atoms with Crippen LogP contribution in [0, 0.1) is 17.8 Å². The molecule has 1 N–H and O–H groups in total. The molecule has 1 aromatic rings. The van der Waals surface area contributed by atoms with Gasteiger partial charge in [-0.3, -0.25) is 4.98 Å². The Balaban J connectivity index is 1.66. The maximum absolute atomic E-state index is 4.29. The second-order valence-corrected chi connectivity index (χ2v) is 7.03. The molecule has 0 spiro atoms. The highest BCUT2D eigenvalue weighted by Gasteiger charge is 2.55. The van der Waals surface area contributed by atoms with Crippen molar-refractivity contribution in [2.75, 3.05) is 6.54 Å². The van der Waals surface area contributed by atoms with Crippen LogP contribution in [0.1, 0.15) is 38.2 Å². The Morgan fingerprint density at radius 1 is 1.37 bits per heavy atom. The number of halogens is 1. The molecule has 2 aliphatic rings. The van der Waals surface area contributed by atoms with Crippen LogP contribution in [0.2, 0.25) is 0 Å². The van der Waals surface area contributed by atoms with E-state index < -0.39 is 0 Å². The predicted octanol–water partition coefficient (Wildman–Crippen LogP) is 3.80. The van der Waals surface area contributed by atoms with Crippen molar-refractivity contribution in [3.05, 3.63) is 28.5 Å². The van der Waals surface area contributed by atoms with E-state index in [0.717, 1.165) is 35.2 Å². The lowest BCUT2D eigenvalue weighted by Crippen LogP contribution is -2.35. The monoisotopic (exact) mass is 322 g/mol. The van der Waals surface area contributed by atoms with Crippen LogP contribution in [0.5, 0.6) is 0 Å². The molecule has 2 saturated carbocycles. The fourth-order valence-corrected chi connectivity index (χ4v) is 4.38. The number of aromatic nitrogens is 1. The lowest BCUT2D eigenvalue weighted by molar-refractivity contribution is 0.403. The molecule has 0 saturated heterocycles. The highest BCUT2D eigenvalue weighted by Crippen LogP contribution is 2.59. The molecule has 0 bridgehead atoms. The minimum Gasteiger partial charge on any atom is -0.313 e. The van der Waals surface area contributed by atoms with Crippen molar-refractivity contribution < 1.29 is 0 Å². The van der Waals surface area contributed by atoms with Crippen LogP contribution in [0.3, 0.4) is 0 Å². The van der Waals surface area contributed by atoms with Crippen molar-refractivity contribution in [2.24, 2.45) is 17.8 Å². The van der Waals surface area contributed by atoms with Crippen molar-refractivity contribution in [3.63, 3.8) is 0 Å². The highest BCUT2D eigenvalue weighted by atomic mass is 79.9. The minimum atomic E-state index is 0.659. The second kappa shape index (κ2) is 5.92. The molecule has 0 aromatic carbocycles. The molecule has 3 atom stereocenters. The Morgan fingerprint density at radius 2 is 2.16 bits per heavy atom. The smallest absolute Gasteiger partial charge is 0.0410 e. The third-order valence-corrected chi connectivity index (χ3v) is 5.24. The van der Waals surface area contributed by atoms with Gasteiger partial charge in [0.25, 0.3) is 0 Å². The van der Waals surface area contributed by atoms with Crippen LogP contribution in [-0.2, 0) is 6.42 Å². The molecule has 2 fully saturated rings. The molecule has 1 aromatic heterocycles. The van der Waals surface area contributed by atoms with E-state index in [1.54, 1.807) is 0 Å². The van der Waals surface area contributed by atoms with E-state index in [-0.39, 0.29) is 0 Å². The molecule has 0 aliphatic heterocycles. The third kappa shape index (κ3) is 3.03. The molecule has 3 rings (SSSR count). The SMILES string of the molecule is CCCNC(Cc1cncc(Br)c1)C1C2CCCC21. The van der Waals surface area contributed by atoms with Gasteiger partial charge in [-0.25, -0.2) is 0 Å². The predicted molar refractivity (Wildman–Crippen MR) is 82.0 cm³/mol. The normalized spacial score (nSPS) is 30.1. The van der Waals surface area contributed by atoms with Gasteiger partial charge in [-0.1, -0.05) is 13.3 Å². The summed E-state index contributed by atoms with van der Waals surface area (Å²) in [5, 5.41) is 3.78. The average Bonchev–Trinajstić information content (AvgIpc) is 2.87. The summed E-state index contributed by atoms with van der Waals surface area (Å²) in [5.41, 5.74) is 1.35. The Morgan fingerprint density at radius 3 is 2.84 bits per heavy atom. The summed E-state index contributed by atoms with van der Waals surface area (Å²) < 4.78 is 1.09. The zero-order valence-electron chi connectivity index (χ0n) is 11.6. The summed E-state index contributed by atoms with van der Waals surface area (Å²) in [5.74, 6) is 2.98. The summed E-state index contributed by atoms with van der Waals surface area (Å²) in [7, 11) is 0. The Kier molecular flexibility index (Phi) is 4.23. The van der Waals surface area contributed by atoms with Gasteiger partial charge < -0.3 is 5.32 Å². The molecule has 3 heteroatoms. The van der Waals surface area contributed by atoms with Crippen molar-refractivity contribution in [1.82, 2.24) is 10.3 Å². The quantitative estimate of drug-likeness (QED) is 0.861. The minimum absolute atomic E-state index is 0.659. The zero-order valence-corrected chi connectivity index (χ0v) is 13.2. The zero-order chi connectivity index (χ0) is 13.2. The molecule has 1 heterocycles. The first-order valence-corrected chi connectivity index (χ1v) is 8.41. The van der Waals surface area contributed by atoms with Gasteiger partial charge in [-0.05, 0) is 77.5 Å². The van der Waals surface area contributed by atoms with E-state index in [1.165, 1.54) is 31.2 Å². The molecule has 3 unspecified atom stereocenters. The molecule has 104 valence electrons. The second-order valence-electron chi connectivity index (χ2n) is 6.11. The van der Waals surface area contributed by atoms with Crippen molar-refractivity contribution >= 4 is 15.9 Å². The van der Waals surface area contributed by atoms with Crippen LogP contribution in [0.4, 0.5) is 0 Å². The van der Waals surface area contributed by atoms with Crippen molar-refractivity contribution in [1.29, 1.82) is 0 Å². The van der Waals surface area contributed by atoms with Crippen LogP contribution in [-0.4, -0.2) is 17.6 Å². The van der Waals surface area contributed by atoms with Crippen molar-refractivity contribution in [2.45, 2.75) is 45.1 Å². The van der Waals surface area contributed by atoms with Gasteiger partial charge >= 0.3 is 0 Å². The van der Waals surface area contributed by atoms with E-state index in [2.05, 4.69) is 39.2 Å². The standard InChI is InChI=1S/C16H23BrN2/c1-2-6-19-15(16-13-4-3-5-14(13)16)8-11-7-12(17)10-18-9-11/h7,9-10,13-16,19H,2-6,8H2,1H3. The summed E-state index contributed by atoms with van der Waals surface area (Å²) in [6, 6.07) is 2.87. The Hall–Kier alpha value is -0.410. The molecular formula is C16H23BrN2. The van der Waals surface area contributed by atoms with E-state index in [4.69, 9.17) is 0 Å². The van der Waals surface area contributed by atoms with Gasteiger partial charge in [0.1, 0.15) is 0 Å². The van der Waals surface area contributed by atoms with Crippen LogP contribution in [0.25, 0.3) is 0 Å². The van der Waals surface area contributed by atoms with Crippen molar-refractivity contribution in [3.8, 4) is 0 Å². The fourth-order valence-electron chi connectivity index (χ4n) is 3.97. The summed E-state index contributed by atoms with van der Waals surface area (Å²) in [4.78, 5) is 4.29. The number of hydrogen-bond acceptors (Lipinski definition) is 2. The first-order chi connectivity index (χ1) is 9.29. The van der Waals surface area contributed by atoms with Crippen LogP contribution >= 0.6 is 15.9 Å². The Bertz CT molecular complexity index is 425. The number of pyridine rings is 1. The summed E-state index contributed by atoms with van der Waals surface area (Å²) in [6.07, 6.45) is 10.6. The molecule has 0 radical (unpaired) electrons. The summed E-state index contributed by atoms with van der Waals surface area (Å²) >= 11 is 3.52. The highest BCUT2D eigenvalue weighted by molar-refractivity contribution is 9.10. The molecule has 0 amide bonds. The van der Waals surface area contributed by atoms with Crippen LogP contribution in [0.15, 0.2) is 22.9 Å². The van der Waals surface area contributed by atoms with Gasteiger partial charge in [-0.2, -0.15) is 0 Å². The lowest BCUT2D eigenvalue weighted by atomic mass is 9.98. The Labute approximate surface area is 124 Å². The average molecular weight is 323 g/mol. The van der Waals surface area contributed by atoms with Gasteiger partial charge in [-0.15, -0.1) is 0 Å². The maximum atomic E-state index is 4.29.